The Balaban J connectivity index is 2.37. The summed E-state index contributed by atoms with van der Waals surface area (Å²) in [6, 6.07) is 1.69. The van der Waals surface area contributed by atoms with Gasteiger partial charge in [-0.2, -0.15) is 5.10 Å². The summed E-state index contributed by atoms with van der Waals surface area (Å²) in [5.41, 5.74) is 5.11. The predicted octanol–water partition coefficient (Wildman–Crippen LogP) is 4.37. The third-order valence-electron chi connectivity index (χ3n) is 3.87. The van der Waals surface area contributed by atoms with E-state index < -0.39 is 6.85 Å². The number of thiazole rings is 1. The second-order valence-electron chi connectivity index (χ2n) is 5.14. The molecule has 0 N–H and O–H groups in total. The first-order valence-corrected chi connectivity index (χ1v) is 8.04. The Bertz CT molecular complexity index is 848. The van der Waals surface area contributed by atoms with E-state index in [0.717, 1.165) is 34.7 Å². The Morgan fingerprint density at radius 2 is 2.19 bits per heavy atom. The van der Waals surface area contributed by atoms with Gasteiger partial charge in [0.1, 0.15) is 0 Å². The molecule has 0 radical (unpaired) electrons. The van der Waals surface area contributed by atoms with Gasteiger partial charge in [0.2, 0.25) is 0 Å². The smallest absolute Gasteiger partial charge is 0.164 e. The molecule has 3 rings (SSSR count). The first kappa shape index (κ1) is 10.9. The summed E-state index contributed by atoms with van der Waals surface area (Å²) in [7, 11) is 0. The quantitative estimate of drug-likeness (QED) is 0.718. The summed E-state index contributed by atoms with van der Waals surface area (Å²) in [6.45, 7) is 3.90. The Hall–Kier alpha value is -1.75. The standard InChI is InChI=1S/C16H20N4S/c1-5-12(6-2)13-7-10(3)18-16-15(11(4)19-20(13)16)14-8-17-9-21-14/h7-9,12H,5-6H2,1-4H3/i3D3. The summed E-state index contributed by atoms with van der Waals surface area (Å²) in [5.74, 6) is 0.241. The second kappa shape index (κ2) is 5.56. The van der Waals surface area contributed by atoms with Crippen LogP contribution in [-0.2, 0) is 0 Å². The maximum absolute atomic E-state index is 7.78. The fourth-order valence-corrected chi connectivity index (χ4v) is 3.49. The molecule has 0 saturated heterocycles. The van der Waals surface area contributed by atoms with E-state index in [2.05, 4.69) is 28.9 Å². The van der Waals surface area contributed by atoms with Crippen molar-refractivity contribution in [3.8, 4) is 10.4 Å². The molecule has 0 aliphatic rings. The lowest BCUT2D eigenvalue weighted by molar-refractivity contribution is 0.598. The van der Waals surface area contributed by atoms with Gasteiger partial charge in [0.15, 0.2) is 5.65 Å². The first-order chi connectivity index (χ1) is 11.4. The molecule has 3 heterocycles. The number of fused-ring (bicyclic) bond motifs is 1. The van der Waals surface area contributed by atoms with Gasteiger partial charge in [-0.15, -0.1) is 11.3 Å². The summed E-state index contributed by atoms with van der Waals surface area (Å²) in [6.07, 6.45) is 3.62. The van der Waals surface area contributed by atoms with Crippen molar-refractivity contribution in [3.63, 3.8) is 0 Å². The zero-order chi connectivity index (χ0) is 17.5. The van der Waals surface area contributed by atoms with Crippen LogP contribution in [-0.4, -0.2) is 19.6 Å². The van der Waals surface area contributed by atoms with Crippen LogP contribution in [0.1, 0.15) is 53.8 Å². The fourth-order valence-electron chi connectivity index (χ4n) is 2.77. The van der Waals surface area contributed by atoms with Crippen LogP contribution in [0.15, 0.2) is 17.8 Å². The lowest BCUT2D eigenvalue weighted by Crippen LogP contribution is -2.07. The molecule has 0 bridgehead atoms. The molecular formula is C16H20N4S. The molecule has 0 unspecified atom stereocenters. The highest BCUT2D eigenvalue weighted by Crippen LogP contribution is 2.32. The fraction of sp³-hybridized carbons (Fsp3) is 0.438. The maximum Gasteiger partial charge on any atom is 0.164 e. The van der Waals surface area contributed by atoms with Crippen LogP contribution in [0.4, 0.5) is 0 Å². The molecule has 0 saturated carbocycles. The summed E-state index contributed by atoms with van der Waals surface area (Å²) in [5, 5.41) is 4.66. The van der Waals surface area contributed by atoms with E-state index in [9.17, 15) is 0 Å². The SMILES string of the molecule is [2H]C([2H])([2H])c1cc(C(CC)CC)n2nc(C)c(-c3cncs3)c2n1. The van der Waals surface area contributed by atoms with Crippen LogP contribution in [0.25, 0.3) is 16.1 Å². The summed E-state index contributed by atoms with van der Waals surface area (Å²) >= 11 is 1.50. The highest BCUT2D eigenvalue weighted by molar-refractivity contribution is 7.13. The molecule has 0 fully saturated rings. The van der Waals surface area contributed by atoms with E-state index in [0.29, 0.717) is 5.65 Å². The maximum atomic E-state index is 7.78. The molecular weight excluding hydrogens is 280 g/mol. The van der Waals surface area contributed by atoms with Gasteiger partial charge >= 0.3 is 0 Å². The largest absolute Gasteiger partial charge is 0.252 e. The van der Waals surface area contributed by atoms with E-state index in [1.54, 1.807) is 17.8 Å². The Labute approximate surface area is 133 Å². The number of hydrogen-bond donors (Lipinski definition) is 0. The van der Waals surface area contributed by atoms with Gasteiger partial charge in [0.05, 0.1) is 21.6 Å². The Morgan fingerprint density at radius 1 is 1.38 bits per heavy atom. The number of rotatable bonds is 4. The highest BCUT2D eigenvalue weighted by atomic mass is 32.1. The van der Waals surface area contributed by atoms with Crippen LogP contribution in [0.5, 0.6) is 0 Å². The van der Waals surface area contributed by atoms with Crippen LogP contribution in [0.3, 0.4) is 0 Å². The molecule has 5 heteroatoms. The molecule has 110 valence electrons. The highest BCUT2D eigenvalue weighted by Gasteiger charge is 2.19. The third-order valence-corrected chi connectivity index (χ3v) is 4.66. The number of aromatic nitrogens is 4. The van der Waals surface area contributed by atoms with Crippen LogP contribution >= 0.6 is 11.3 Å². The molecule has 0 aliphatic carbocycles. The van der Waals surface area contributed by atoms with Crippen molar-refractivity contribution >= 4 is 17.0 Å². The third kappa shape index (κ3) is 2.35. The second-order valence-corrected chi connectivity index (χ2v) is 6.03. The van der Waals surface area contributed by atoms with Crippen molar-refractivity contribution in [2.24, 2.45) is 0 Å². The van der Waals surface area contributed by atoms with Crippen molar-refractivity contribution in [3.05, 3.63) is 34.9 Å². The van der Waals surface area contributed by atoms with Gasteiger partial charge in [-0.25, -0.2) is 9.50 Å². The average Bonchev–Trinajstić information content (AvgIpc) is 3.13. The molecule has 0 amide bonds. The van der Waals surface area contributed by atoms with Gasteiger partial charge in [0.25, 0.3) is 0 Å². The Kier molecular flexibility index (Phi) is 2.89. The molecule has 0 atom stereocenters. The zero-order valence-electron chi connectivity index (χ0n) is 15.4. The van der Waals surface area contributed by atoms with Gasteiger partial charge in [-0.1, -0.05) is 13.8 Å². The van der Waals surface area contributed by atoms with Crippen molar-refractivity contribution in [1.82, 2.24) is 19.6 Å². The molecule has 3 aromatic rings. The summed E-state index contributed by atoms with van der Waals surface area (Å²) in [4.78, 5) is 9.53. The van der Waals surface area contributed by atoms with E-state index in [-0.39, 0.29) is 11.6 Å². The molecule has 0 aliphatic heterocycles. The van der Waals surface area contributed by atoms with E-state index >= 15 is 0 Å². The minimum atomic E-state index is -2.24. The van der Waals surface area contributed by atoms with Crippen LogP contribution in [0.2, 0.25) is 0 Å². The van der Waals surface area contributed by atoms with E-state index in [1.165, 1.54) is 11.3 Å². The van der Waals surface area contributed by atoms with E-state index in [4.69, 9.17) is 4.11 Å². The Morgan fingerprint density at radius 3 is 2.81 bits per heavy atom. The minimum Gasteiger partial charge on any atom is -0.252 e. The zero-order valence-corrected chi connectivity index (χ0v) is 13.2. The molecule has 21 heavy (non-hydrogen) atoms. The first-order valence-electron chi connectivity index (χ1n) is 8.66. The van der Waals surface area contributed by atoms with Crippen LogP contribution in [0, 0.1) is 13.8 Å². The lowest BCUT2D eigenvalue weighted by atomic mass is 9.98. The van der Waals surface area contributed by atoms with Crippen molar-refractivity contribution in [2.75, 3.05) is 0 Å². The van der Waals surface area contributed by atoms with Gasteiger partial charge in [0, 0.05) is 27.6 Å². The molecule has 0 aromatic carbocycles. The number of nitrogens with zero attached hydrogens (tertiary/aromatic N) is 4. The van der Waals surface area contributed by atoms with Gasteiger partial charge in [-0.05, 0) is 32.7 Å². The van der Waals surface area contributed by atoms with Gasteiger partial charge < -0.3 is 0 Å². The summed E-state index contributed by atoms with van der Waals surface area (Å²) < 4.78 is 25.2. The van der Waals surface area contributed by atoms with Crippen LogP contribution < -0.4 is 0 Å². The number of aryl methyl sites for hydroxylation is 2. The van der Waals surface area contributed by atoms with Crippen molar-refractivity contribution in [1.29, 1.82) is 0 Å². The molecule has 0 spiro atoms. The predicted molar refractivity (Wildman–Crippen MR) is 86.9 cm³/mol. The van der Waals surface area contributed by atoms with Gasteiger partial charge in [-0.3, -0.25) is 4.98 Å². The minimum absolute atomic E-state index is 0.127. The number of hydrogen-bond acceptors (Lipinski definition) is 4. The normalized spacial score (nSPS) is 14.4. The monoisotopic (exact) mass is 303 g/mol. The topological polar surface area (TPSA) is 43.1 Å². The van der Waals surface area contributed by atoms with Crippen molar-refractivity contribution < 1.29 is 4.11 Å². The molecule has 3 aromatic heterocycles. The lowest BCUT2D eigenvalue weighted by Gasteiger charge is -2.15. The van der Waals surface area contributed by atoms with E-state index in [1.807, 2.05) is 11.4 Å². The molecule has 4 nitrogen and oxygen atoms in total. The average molecular weight is 303 g/mol. The van der Waals surface area contributed by atoms with Crippen molar-refractivity contribution in [2.45, 2.75) is 46.4 Å².